The molecule has 0 unspecified atom stereocenters. The van der Waals surface area contributed by atoms with Crippen LogP contribution >= 0.6 is 11.6 Å². The molecule has 32 heavy (non-hydrogen) atoms. The van der Waals surface area contributed by atoms with Crippen molar-refractivity contribution in [3.63, 3.8) is 0 Å². The molecule has 0 radical (unpaired) electrons. The van der Waals surface area contributed by atoms with Gasteiger partial charge >= 0.3 is 5.97 Å². The SMILES string of the molecule is CC(=O)OCC(=O)N1Cc2cc(Cl)ccc2-n2c(nnc2C2CCC(OC(C)C)CC2)C1. The normalized spacial score (nSPS) is 20.5. The number of benzene rings is 1. The van der Waals surface area contributed by atoms with Gasteiger partial charge in [-0.2, -0.15) is 0 Å². The van der Waals surface area contributed by atoms with E-state index in [2.05, 4.69) is 28.6 Å². The van der Waals surface area contributed by atoms with Crippen molar-refractivity contribution in [2.45, 2.75) is 77.7 Å². The summed E-state index contributed by atoms with van der Waals surface area (Å²) < 4.78 is 13.0. The smallest absolute Gasteiger partial charge is 0.303 e. The summed E-state index contributed by atoms with van der Waals surface area (Å²) in [5.41, 5.74) is 1.85. The Kier molecular flexibility index (Phi) is 6.81. The zero-order chi connectivity index (χ0) is 22.8. The van der Waals surface area contributed by atoms with Crippen molar-refractivity contribution in [1.82, 2.24) is 19.7 Å². The number of rotatable bonds is 5. The lowest BCUT2D eigenvalue weighted by atomic mass is 9.86. The van der Waals surface area contributed by atoms with Crippen molar-refractivity contribution < 1.29 is 19.1 Å². The molecule has 9 heteroatoms. The molecule has 0 atom stereocenters. The minimum absolute atomic E-state index is 0.230. The number of halogens is 1. The molecule has 1 aromatic carbocycles. The Morgan fingerprint density at radius 2 is 1.91 bits per heavy atom. The zero-order valence-corrected chi connectivity index (χ0v) is 19.5. The fourth-order valence-corrected chi connectivity index (χ4v) is 4.76. The van der Waals surface area contributed by atoms with E-state index in [0.717, 1.165) is 42.8 Å². The van der Waals surface area contributed by atoms with Crippen LogP contribution in [0.4, 0.5) is 0 Å². The van der Waals surface area contributed by atoms with Gasteiger partial charge in [-0.1, -0.05) is 11.6 Å². The summed E-state index contributed by atoms with van der Waals surface area (Å²) >= 11 is 6.28. The van der Waals surface area contributed by atoms with Crippen LogP contribution in [0.5, 0.6) is 0 Å². The molecule has 1 aliphatic heterocycles. The summed E-state index contributed by atoms with van der Waals surface area (Å²) in [5, 5.41) is 9.61. The van der Waals surface area contributed by atoms with E-state index < -0.39 is 5.97 Å². The number of esters is 1. The standard InChI is InChI=1S/C23H29ClN4O4/c1-14(2)32-19-7-4-16(5-8-19)23-26-25-21-12-27(22(30)13-31-15(3)29)11-17-10-18(24)6-9-20(17)28(21)23/h6,9-10,14,16,19H,4-5,7-8,11-13H2,1-3H3. The highest BCUT2D eigenvalue weighted by atomic mass is 35.5. The number of hydrogen-bond acceptors (Lipinski definition) is 6. The van der Waals surface area contributed by atoms with E-state index in [0.29, 0.717) is 23.5 Å². The minimum atomic E-state index is -0.487. The molecule has 1 saturated carbocycles. The topological polar surface area (TPSA) is 86.6 Å². The van der Waals surface area contributed by atoms with Gasteiger partial charge in [0, 0.05) is 24.4 Å². The first-order valence-electron chi connectivity index (χ1n) is 11.1. The van der Waals surface area contributed by atoms with Crippen LogP contribution in [0.25, 0.3) is 5.69 Å². The highest BCUT2D eigenvalue weighted by Crippen LogP contribution is 2.37. The lowest BCUT2D eigenvalue weighted by Crippen LogP contribution is -2.33. The molecular weight excluding hydrogens is 432 g/mol. The van der Waals surface area contributed by atoms with E-state index in [1.807, 2.05) is 18.2 Å². The molecule has 1 aliphatic carbocycles. The van der Waals surface area contributed by atoms with Gasteiger partial charge in [-0.3, -0.25) is 14.2 Å². The molecule has 2 heterocycles. The highest BCUT2D eigenvalue weighted by molar-refractivity contribution is 6.30. The van der Waals surface area contributed by atoms with Crippen LogP contribution in [0.15, 0.2) is 18.2 Å². The van der Waals surface area contributed by atoms with Crippen LogP contribution in [0.1, 0.15) is 69.6 Å². The van der Waals surface area contributed by atoms with E-state index in [1.165, 1.54) is 6.92 Å². The van der Waals surface area contributed by atoms with Gasteiger partial charge in [-0.05, 0) is 63.3 Å². The molecule has 4 rings (SSSR count). The van der Waals surface area contributed by atoms with E-state index in [-0.39, 0.29) is 31.1 Å². The van der Waals surface area contributed by atoms with Gasteiger partial charge in [0.2, 0.25) is 0 Å². The second-order valence-corrected chi connectivity index (χ2v) is 9.21. The summed E-state index contributed by atoms with van der Waals surface area (Å²) in [7, 11) is 0. The van der Waals surface area contributed by atoms with Crippen molar-refractivity contribution in [3.8, 4) is 5.69 Å². The number of ether oxygens (including phenoxy) is 2. The summed E-state index contributed by atoms with van der Waals surface area (Å²) in [4.78, 5) is 25.5. The molecule has 0 saturated heterocycles. The monoisotopic (exact) mass is 460 g/mol. The Hall–Kier alpha value is -2.45. The van der Waals surface area contributed by atoms with Crippen LogP contribution < -0.4 is 0 Å². The Balaban J connectivity index is 1.63. The lowest BCUT2D eigenvalue weighted by molar-refractivity contribution is -0.150. The first-order chi connectivity index (χ1) is 15.3. The van der Waals surface area contributed by atoms with E-state index in [1.54, 1.807) is 4.90 Å². The Morgan fingerprint density at radius 3 is 2.59 bits per heavy atom. The van der Waals surface area contributed by atoms with Crippen LogP contribution in [0.2, 0.25) is 5.02 Å². The fraction of sp³-hybridized carbons (Fsp3) is 0.565. The van der Waals surface area contributed by atoms with E-state index in [4.69, 9.17) is 21.1 Å². The maximum absolute atomic E-state index is 12.7. The van der Waals surface area contributed by atoms with Crippen LogP contribution in [-0.4, -0.2) is 50.4 Å². The Bertz CT molecular complexity index is 998. The predicted molar refractivity (Wildman–Crippen MR) is 118 cm³/mol. The summed E-state index contributed by atoms with van der Waals surface area (Å²) in [6.07, 6.45) is 4.46. The average molecular weight is 461 g/mol. The second kappa shape index (κ2) is 9.58. The zero-order valence-electron chi connectivity index (χ0n) is 18.7. The first-order valence-corrected chi connectivity index (χ1v) is 11.5. The molecule has 172 valence electrons. The van der Waals surface area contributed by atoms with Crippen LogP contribution in [-0.2, 0) is 32.2 Å². The number of nitrogens with zero attached hydrogens (tertiary/aromatic N) is 4. The molecule has 0 bridgehead atoms. The number of carbonyl (C=O) groups excluding carboxylic acids is 2. The van der Waals surface area contributed by atoms with Crippen molar-refractivity contribution >= 4 is 23.5 Å². The van der Waals surface area contributed by atoms with Gasteiger partial charge in [0.05, 0.1) is 24.4 Å². The summed E-state index contributed by atoms with van der Waals surface area (Å²) in [6.45, 7) is 5.77. The highest BCUT2D eigenvalue weighted by Gasteiger charge is 2.32. The molecule has 2 aromatic rings. The van der Waals surface area contributed by atoms with Crippen molar-refractivity contribution in [1.29, 1.82) is 0 Å². The molecule has 8 nitrogen and oxygen atoms in total. The lowest BCUT2D eigenvalue weighted by Gasteiger charge is -2.29. The number of carbonyl (C=O) groups is 2. The summed E-state index contributed by atoms with van der Waals surface area (Å²) in [6, 6.07) is 5.68. The molecule has 1 amide bonds. The molecule has 1 aromatic heterocycles. The predicted octanol–water partition coefficient (Wildman–Crippen LogP) is 3.78. The molecule has 2 aliphatic rings. The van der Waals surface area contributed by atoms with Crippen molar-refractivity contribution in [2.24, 2.45) is 0 Å². The number of amides is 1. The molecule has 1 fully saturated rings. The number of hydrogen-bond donors (Lipinski definition) is 0. The Morgan fingerprint density at radius 1 is 1.16 bits per heavy atom. The van der Waals surface area contributed by atoms with Crippen molar-refractivity contribution in [3.05, 3.63) is 40.4 Å². The van der Waals surface area contributed by atoms with Crippen LogP contribution in [0, 0.1) is 0 Å². The van der Waals surface area contributed by atoms with Gasteiger partial charge in [0.1, 0.15) is 5.82 Å². The minimum Gasteiger partial charge on any atom is -0.456 e. The number of fused-ring (bicyclic) bond motifs is 3. The van der Waals surface area contributed by atoms with Crippen molar-refractivity contribution in [2.75, 3.05) is 6.61 Å². The summed E-state index contributed by atoms with van der Waals surface area (Å²) in [5.74, 6) is 1.11. The van der Waals surface area contributed by atoms with E-state index >= 15 is 0 Å². The second-order valence-electron chi connectivity index (χ2n) is 8.77. The molecule has 0 spiro atoms. The quantitative estimate of drug-likeness (QED) is 0.631. The van der Waals surface area contributed by atoms with E-state index in [9.17, 15) is 9.59 Å². The largest absolute Gasteiger partial charge is 0.456 e. The molecule has 0 N–H and O–H groups in total. The van der Waals surface area contributed by atoms with Gasteiger partial charge in [0.15, 0.2) is 12.4 Å². The van der Waals surface area contributed by atoms with Gasteiger partial charge in [0.25, 0.3) is 5.91 Å². The molecular formula is C23H29ClN4O4. The van der Waals surface area contributed by atoms with Gasteiger partial charge < -0.3 is 14.4 Å². The third-order valence-corrected chi connectivity index (χ3v) is 6.22. The fourth-order valence-electron chi connectivity index (χ4n) is 4.56. The maximum atomic E-state index is 12.7. The number of aromatic nitrogens is 3. The first kappa shape index (κ1) is 22.7. The van der Waals surface area contributed by atoms with Gasteiger partial charge in [-0.15, -0.1) is 10.2 Å². The third-order valence-electron chi connectivity index (χ3n) is 5.99. The van der Waals surface area contributed by atoms with Gasteiger partial charge in [-0.25, -0.2) is 0 Å². The third kappa shape index (κ3) is 4.96. The van der Waals surface area contributed by atoms with Crippen LogP contribution in [0.3, 0.4) is 0 Å². The Labute approximate surface area is 192 Å². The average Bonchev–Trinajstić information content (AvgIpc) is 3.07. The maximum Gasteiger partial charge on any atom is 0.303 e.